The molecule has 1 atom stereocenters. The van der Waals surface area contributed by atoms with Crippen LogP contribution in [0.4, 0.5) is 11.4 Å². The summed E-state index contributed by atoms with van der Waals surface area (Å²) in [6.45, 7) is 26.9. The second-order valence-electron chi connectivity index (χ2n) is 19.2. The molecule has 402 valence electrons. The fourth-order valence-electron chi connectivity index (χ4n) is 10.7. The Morgan fingerprint density at radius 1 is 0.818 bits per heavy atom. The normalized spacial score (nSPS) is 13.5. The molecule has 0 spiro atoms. The van der Waals surface area contributed by atoms with E-state index in [1.165, 1.54) is 0 Å². The van der Waals surface area contributed by atoms with Crippen LogP contribution in [0.15, 0.2) is 129 Å². The van der Waals surface area contributed by atoms with E-state index in [0.29, 0.717) is 86.3 Å². The van der Waals surface area contributed by atoms with Gasteiger partial charge in [-0.05, 0) is 147 Å². The highest BCUT2D eigenvalue weighted by Gasteiger charge is 2.28. The lowest BCUT2D eigenvalue weighted by molar-refractivity contribution is 0.00226. The topological polar surface area (TPSA) is 139 Å². The molecule has 7 heterocycles. The molecule has 0 amide bonds. The Hall–Kier alpha value is -8.35. The molecule has 0 saturated carbocycles. The Bertz CT molecular complexity index is 3690. The van der Waals surface area contributed by atoms with E-state index >= 15 is 0 Å². The first-order chi connectivity index (χ1) is 37.2. The van der Waals surface area contributed by atoms with Gasteiger partial charge in [0.05, 0.1) is 76.6 Å². The number of aryl methyl sites for hydroxylation is 5. The lowest BCUT2D eigenvalue weighted by atomic mass is 10.0. The van der Waals surface area contributed by atoms with Crippen molar-refractivity contribution < 1.29 is 37.3 Å². The van der Waals surface area contributed by atoms with Crippen molar-refractivity contribution in [1.82, 2.24) is 18.7 Å². The molecule has 8 aromatic rings. The van der Waals surface area contributed by atoms with Crippen molar-refractivity contribution in [3.8, 4) is 28.9 Å². The third-order valence-corrected chi connectivity index (χ3v) is 13.7. The van der Waals surface area contributed by atoms with Crippen LogP contribution in [-0.4, -0.2) is 52.2 Å². The van der Waals surface area contributed by atoms with Gasteiger partial charge in [-0.1, -0.05) is 30.9 Å². The van der Waals surface area contributed by atoms with Gasteiger partial charge in [0.2, 0.25) is 0 Å². The van der Waals surface area contributed by atoms with Crippen molar-refractivity contribution in [2.75, 3.05) is 44.1 Å². The van der Waals surface area contributed by atoms with Crippen LogP contribution in [-0.2, 0) is 32.0 Å². The smallest absolute Gasteiger partial charge is 0.285 e. The summed E-state index contributed by atoms with van der Waals surface area (Å²) in [6, 6.07) is 16.4. The van der Waals surface area contributed by atoms with Crippen LogP contribution in [0.1, 0.15) is 106 Å². The number of hydrogen-bond acceptors (Lipinski definition) is 11. The summed E-state index contributed by atoms with van der Waals surface area (Å²) in [5.41, 5.74) is 26.3. The van der Waals surface area contributed by atoms with Crippen LogP contribution in [0.3, 0.4) is 0 Å². The molecular formula is C63H72N6O8. The number of nitrogens with zero attached hydrogens (tertiary/aromatic N) is 5. The van der Waals surface area contributed by atoms with E-state index in [-0.39, 0.29) is 0 Å². The minimum Gasteiger partial charge on any atom is -0.466 e. The zero-order valence-corrected chi connectivity index (χ0v) is 46.8. The Morgan fingerprint density at radius 2 is 1.53 bits per heavy atom. The van der Waals surface area contributed by atoms with Gasteiger partial charge in [0.25, 0.3) is 23.8 Å². The summed E-state index contributed by atoms with van der Waals surface area (Å²) in [5.74, 6) is 3.67. The number of nitrogens with two attached hydrogens (primary N) is 1. The zero-order valence-electron chi connectivity index (χ0n) is 46.8. The first-order valence-electron chi connectivity index (χ1n) is 26.7. The number of hydrogen-bond donors (Lipinski definition) is 1. The van der Waals surface area contributed by atoms with Crippen molar-refractivity contribution in [3.05, 3.63) is 165 Å². The van der Waals surface area contributed by atoms with Gasteiger partial charge >= 0.3 is 0 Å². The third kappa shape index (κ3) is 10.5. The van der Waals surface area contributed by atoms with Crippen LogP contribution in [0.2, 0.25) is 0 Å². The van der Waals surface area contributed by atoms with Crippen LogP contribution >= 0.6 is 0 Å². The highest BCUT2D eigenvalue weighted by molar-refractivity contribution is 6.14. The summed E-state index contributed by atoms with van der Waals surface area (Å²) in [5, 5.41) is 1.97. The van der Waals surface area contributed by atoms with Gasteiger partial charge in [0.15, 0.2) is 5.76 Å². The fraction of sp³-hybridized carbons (Fsp3) is 0.333. The summed E-state index contributed by atoms with van der Waals surface area (Å²) >= 11 is 0. The van der Waals surface area contributed by atoms with Gasteiger partial charge in [-0.15, -0.1) is 0 Å². The molecule has 14 nitrogen and oxygen atoms in total. The SMILES string of the molecule is C/C=C(/OCC)OC(C)c1cn(-c2c(C)cc(C)c3c2c(N)c(/C=C\CC)n3Cn2c3ccc(C)nc3c3c(N(C)/C=C(\Cc4ccc(OCC)o4)C4=C=CC=C(OCC)O4)c(C)cc(C)c32)cc1-c1ccc(OCC)o1. The van der Waals surface area contributed by atoms with Crippen LogP contribution in [0.25, 0.3) is 55.9 Å². The highest BCUT2D eigenvalue weighted by atomic mass is 16.7. The number of fused-ring (bicyclic) bond motifs is 4. The lowest BCUT2D eigenvalue weighted by Gasteiger charge is -2.23. The standard InChI is InChI=1S/C63H72N6O8/c1-14-20-22-48-58(64)56-61(67-35-46(43(12)74-52(15-2)70-16-3)47(36-67)51-28-30-55(77-51)73-19-6)39(8)32-40(9)62(56)68(48)37-69-49-27-25-42(11)65-59(49)57-60(38(7)31-41(10)63(57)69)66(13)34-44(33-45-26-29-54(75-45)72-18-5)50-23-21-24-53(76-50)71-17-4/h15,20-22,24-32,34-36,43H,14,16-19,33,37,64H2,1-13H3/b22-20-,44-34+,52-15-. The molecule has 9 rings (SSSR count). The van der Waals surface area contributed by atoms with E-state index in [1.807, 2.05) is 84.9 Å². The molecule has 1 unspecified atom stereocenters. The van der Waals surface area contributed by atoms with E-state index < -0.39 is 6.10 Å². The highest BCUT2D eigenvalue weighted by Crippen LogP contribution is 2.45. The molecule has 2 N–H and O–H groups in total. The van der Waals surface area contributed by atoms with Crippen molar-refractivity contribution >= 4 is 50.3 Å². The van der Waals surface area contributed by atoms with Gasteiger partial charge < -0.3 is 61.6 Å². The van der Waals surface area contributed by atoms with E-state index in [9.17, 15) is 0 Å². The molecule has 14 heteroatoms. The molecular weight excluding hydrogens is 969 g/mol. The van der Waals surface area contributed by atoms with Crippen molar-refractivity contribution in [1.29, 1.82) is 0 Å². The quantitative estimate of drug-likeness (QED) is 0.0513. The number of anilines is 2. The Labute approximate surface area is 451 Å². The van der Waals surface area contributed by atoms with Crippen LogP contribution in [0, 0.1) is 34.6 Å². The molecule has 0 radical (unpaired) electrons. The zero-order chi connectivity index (χ0) is 54.7. The molecule has 0 aliphatic carbocycles. The Morgan fingerprint density at radius 3 is 2.25 bits per heavy atom. The van der Waals surface area contributed by atoms with E-state index in [0.717, 1.165) is 101 Å². The number of ether oxygens (including phenoxy) is 6. The summed E-state index contributed by atoms with van der Waals surface area (Å²) in [6.07, 6.45) is 16.9. The van der Waals surface area contributed by atoms with Crippen molar-refractivity contribution in [2.24, 2.45) is 0 Å². The summed E-state index contributed by atoms with van der Waals surface area (Å²) in [7, 11) is 2.07. The molecule has 2 aromatic carbocycles. The van der Waals surface area contributed by atoms with E-state index in [2.05, 4.69) is 121 Å². The second-order valence-corrected chi connectivity index (χ2v) is 19.2. The number of allylic oxidation sites excluding steroid dienone is 4. The molecule has 1 aliphatic heterocycles. The second kappa shape index (κ2) is 22.9. The first-order valence-corrected chi connectivity index (χ1v) is 26.7. The lowest BCUT2D eigenvalue weighted by Crippen LogP contribution is -2.15. The number of furan rings is 2. The summed E-state index contributed by atoms with van der Waals surface area (Å²) in [4.78, 5) is 7.51. The minimum absolute atomic E-state index is 0.401. The number of rotatable bonds is 22. The van der Waals surface area contributed by atoms with E-state index in [4.69, 9.17) is 48.0 Å². The molecule has 77 heavy (non-hydrogen) atoms. The van der Waals surface area contributed by atoms with Crippen molar-refractivity contribution in [3.63, 3.8) is 0 Å². The number of nitrogen functional groups attached to an aromatic ring is 1. The van der Waals surface area contributed by atoms with Gasteiger partial charge in [0.1, 0.15) is 24.3 Å². The average molecular weight is 1040 g/mol. The summed E-state index contributed by atoms with van der Waals surface area (Å²) < 4.78 is 55.3. The number of pyridine rings is 1. The van der Waals surface area contributed by atoms with Gasteiger partial charge in [-0.3, -0.25) is 4.98 Å². The number of benzene rings is 2. The third-order valence-electron chi connectivity index (χ3n) is 13.7. The monoisotopic (exact) mass is 1040 g/mol. The van der Waals surface area contributed by atoms with Gasteiger partial charge in [-0.25, -0.2) is 0 Å². The number of aromatic nitrogens is 4. The van der Waals surface area contributed by atoms with Crippen molar-refractivity contribution in [2.45, 2.75) is 109 Å². The maximum Gasteiger partial charge on any atom is 0.285 e. The van der Waals surface area contributed by atoms with Gasteiger partial charge in [0, 0.05) is 78.1 Å². The average Bonchev–Trinajstić information content (AvgIpc) is 4.43. The molecule has 0 bridgehead atoms. The van der Waals surface area contributed by atoms with E-state index in [1.54, 1.807) is 6.08 Å². The van der Waals surface area contributed by atoms with Gasteiger partial charge in [-0.2, -0.15) is 0 Å². The maximum absolute atomic E-state index is 7.57. The molecule has 1 aliphatic rings. The largest absolute Gasteiger partial charge is 0.466 e. The molecule has 0 fully saturated rings. The van der Waals surface area contributed by atoms with Crippen LogP contribution in [0.5, 0.6) is 11.9 Å². The maximum atomic E-state index is 7.57. The van der Waals surface area contributed by atoms with Crippen LogP contribution < -0.4 is 20.1 Å². The minimum atomic E-state index is -0.411. The fourth-order valence-corrected chi connectivity index (χ4v) is 10.7. The Balaban J connectivity index is 1.24. The predicted molar refractivity (Wildman–Crippen MR) is 308 cm³/mol. The molecule has 0 saturated heterocycles. The molecule has 6 aromatic heterocycles. The first kappa shape index (κ1) is 53.5. The Kier molecular flexibility index (Phi) is 15.9. The predicted octanol–water partition coefficient (Wildman–Crippen LogP) is 15.1.